The number of cyclic esters (lactones) is 1. The van der Waals surface area contributed by atoms with Crippen LogP contribution in [-0.2, 0) is 69.1 Å². The summed E-state index contributed by atoms with van der Waals surface area (Å²) >= 11 is -1.88. The van der Waals surface area contributed by atoms with Crippen LogP contribution in [0.2, 0.25) is 0 Å². The summed E-state index contributed by atoms with van der Waals surface area (Å²) in [7, 11) is 12.4. The van der Waals surface area contributed by atoms with Gasteiger partial charge in [0.15, 0.2) is 0 Å². The summed E-state index contributed by atoms with van der Waals surface area (Å²) in [5.74, 6) is -0.00880. The van der Waals surface area contributed by atoms with Crippen LogP contribution in [0.25, 0.3) is 5.57 Å². The van der Waals surface area contributed by atoms with Crippen molar-refractivity contribution in [3.63, 3.8) is 0 Å². The van der Waals surface area contributed by atoms with Gasteiger partial charge in [-0.05, 0) is 198 Å². The standard InChI is InChI=1S/C27H50O2.2C23H30N.C15H26O2.C15H10.CH4.2ClH.Ru.6H2/c1-3-5-7-9-11-12-13-14-15-16-17-18-19-21-23-25-27(28)29-26-24-22-20-10-8-6-4-2;2*1-6-18-12-11-13-19(7-2)21(18)24-17-23(5,16-22(24,3)4)20-14-9-8-10-15-20;16-15-13-11-9-7-5-3-1-2-4-6-8-10-12-14-17-15;1-2-6-12(7-3-1)15-11-10-13-8-4-5-9-14(13)15;;;;;;;;;;/h6,8,14-15H,3-5,7,9-13,16-26H2,1-2H3;2*8-15,17H,6-7,16H2,1-5H3;2,4H,1,3,5-14H2;1-9,11H;1H4;2*1H;;6*1H/q;2*-1;;;;;;+2;;;;;;/p-2/b8-6-,15-14-;;;;;;;;;;;;;;/i;;;;;;;;;6*1+1D. The topological polar surface area (TPSA) is 59.1 Å². The molecule has 0 bridgehead atoms. The second-order valence-corrected chi connectivity index (χ2v) is 38.7. The number of allylic oxidation sites excluding steroid dienone is 7. The Hall–Kier alpha value is -6.11. The molecule has 0 spiro atoms. The van der Waals surface area contributed by atoms with E-state index in [1.807, 2.05) is 24.3 Å². The number of carbonyl (C=O) groups is 2. The van der Waals surface area contributed by atoms with Crippen molar-refractivity contribution in [3.8, 4) is 0 Å². The SMILES string of the molecule is C.CC/C=C\CCCCCOC(=O)CCCCCCC/C=C\CCCCCCCC.CCc1cccc(CC)c1N1[CH-]C(C)(c2ccccc2)CC1(C)C.CCc1cccc(CC)c1N1[CH-]C(C)(c2ccccc2)CC1(C)C.O=C1CCCCCCCC=CCCCCCO1.[2H][2H].[2H][2H].[2H][2H].[2H][2H].[2H][2H].[2H][2H].[Cl][Ru]([Cl])=[C]1C=C(c2ccccc2)c2ccccc21. The second kappa shape index (κ2) is 54.7. The Kier molecular flexibility index (Phi) is 42.5. The number of aryl methyl sites for hydroxylation is 4. The van der Waals surface area contributed by atoms with Gasteiger partial charge in [-0.3, -0.25) is 9.59 Å². The molecule has 9 heteroatoms. The Bertz CT molecular complexity index is 3660. The third-order valence-electron chi connectivity index (χ3n) is 22.5. The minimum atomic E-state index is -1.88. The number of rotatable bonds is 31. The summed E-state index contributed by atoms with van der Waals surface area (Å²) in [5.41, 5.74) is 16.8. The first kappa shape index (κ1) is 87.7. The molecule has 3 aliphatic heterocycles. The number of halogens is 2. The van der Waals surface area contributed by atoms with Gasteiger partial charge in [-0.25, -0.2) is 13.1 Å². The number of unbranched alkanes of at least 4 members (excludes halogenated alkanes) is 14. The van der Waals surface area contributed by atoms with Crippen LogP contribution in [0.3, 0.4) is 0 Å². The number of nitrogens with zero attached hydrogens (tertiary/aromatic N) is 2. The monoisotopic (exact) mass is 1690 g/mol. The predicted molar refractivity (Wildman–Crippen MR) is 503 cm³/mol. The molecule has 2 unspecified atom stereocenters. The number of ether oxygens (including phenoxy) is 2. The zero-order valence-electron chi connectivity index (χ0n) is 83.6. The molecule has 0 N–H and O–H groups in total. The summed E-state index contributed by atoms with van der Waals surface area (Å²) in [5, 5.41) is 0. The van der Waals surface area contributed by atoms with Crippen LogP contribution in [0, 0.1) is 13.1 Å². The molecule has 2 atom stereocenters. The molecule has 10 rings (SSSR count). The van der Waals surface area contributed by atoms with E-state index in [0.717, 1.165) is 100 Å². The number of fused-ring (bicyclic) bond motifs is 1. The fraction of sp³-hybridized carbons (Fsp3) is 0.529. The molecule has 2 saturated heterocycles. The number of hydrogen-bond acceptors (Lipinski definition) is 6. The summed E-state index contributed by atoms with van der Waals surface area (Å²) in [6.45, 7) is 33.9. The van der Waals surface area contributed by atoms with E-state index in [-0.39, 0.29) is 41.3 Å². The van der Waals surface area contributed by atoms with Crippen LogP contribution in [0.4, 0.5) is 11.4 Å². The molecule has 4 aliphatic rings. The van der Waals surface area contributed by atoms with Gasteiger partial charge in [0.05, 0.1) is 13.2 Å². The van der Waals surface area contributed by atoms with Crippen molar-refractivity contribution in [2.75, 3.05) is 23.0 Å². The zero-order valence-corrected chi connectivity index (χ0v) is 74.9. The first-order valence-corrected chi connectivity index (χ1v) is 49.3. The van der Waals surface area contributed by atoms with Gasteiger partial charge in [0.1, 0.15) is 0 Å². The van der Waals surface area contributed by atoms with Gasteiger partial charge in [0, 0.05) is 53.1 Å². The zero-order chi connectivity index (χ0) is 92.7. The van der Waals surface area contributed by atoms with E-state index in [4.69, 9.17) is 46.7 Å². The maximum absolute atomic E-state index is 11.7. The van der Waals surface area contributed by atoms with E-state index < -0.39 is 13.5 Å². The molecule has 0 saturated carbocycles. The van der Waals surface area contributed by atoms with E-state index in [1.165, 1.54) is 189 Å². The molecule has 1 aliphatic carbocycles. The third-order valence-corrected chi connectivity index (χ3v) is 25.6. The van der Waals surface area contributed by atoms with Crippen molar-refractivity contribution in [1.29, 1.82) is 0 Å². The Labute approximate surface area is 722 Å². The molecular weight excluding hydrogens is 1510 g/mol. The third kappa shape index (κ3) is 33.8. The molecule has 0 aromatic heterocycles. The van der Waals surface area contributed by atoms with Crippen molar-refractivity contribution in [3.05, 3.63) is 257 Å². The van der Waals surface area contributed by atoms with Crippen LogP contribution in [0.1, 0.15) is 364 Å². The summed E-state index contributed by atoms with van der Waals surface area (Å²) in [4.78, 5) is 28.2. The maximum atomic E-state index is 11.7. The van der Waals surface area contributed by atoms with Crippen LogP contribution < -0.4 is 9.80 Å². The predicted octanol–water partition coefficient (Wildman–Crippen LogP) is 32.0. The molecule has 636 valence electrons. The van der Waals surface area contributed by atoms with Crippen molar-refractivity contribution in [2.24, 2.45) is 0 Å². The van der Waals surface area contributed by atoms with Crippen molar-refractivity contribution >= 4 is 52.4 Å². The van der Waals surface area contributed by atoms with Gasteiger partial charge in [0.25, 0.3) is 0 Å². The number of benzene rings is 6. The van der Waals surface area contributed by atoms with Crippen LogP contribution in [0.5, 0.6) is 0 Å². The Morgan fingerprint density at radius 3 is 1.39 bits per heavy atom. The van der Waals surface area contributed by atoms with Crippen molar-refractivity contribution in [1.82, 2.24) is 0 Å². The molecular formula is C104H162Cl2N2O4Ru-2. The average molecular weight is 1690 g/mol. The molecule has 6 aromatic carbocycles. The first-order chi connectivity index (χ1) is 60.3. The number of hydrogen-bond donors (Lipinski definition) is 0. The van der Waals surface area contributed by atoms with Crippen LogP contribution in [0.15, 0.2) is 194 Å². The van der Waals surface area contributed by atoms with Crippen LogP contribution >= 0.6 is 19.4 Å². The number of para-hydroxylation sites is 2. The number of esters is 2. The summed E-state index contributed by atoms with van der Waals surface area (Å²) in [6.07, 6.45) is 57.9. The van der Waals surface area contributed by atoms with E-state index in [2.05, 4.69) is 276 Å². The number of anilines is 2. The van der Waals surface area contributed by atoms with Gasteiger partial charge >= 0.3 is 132 Å². The Morgan fingerprint density at radius 1 is 0.496 bits per heavy atom. The van der Waals surface area contributed by atoms with Crippen molar-refractivity contribution in [2.45, 2.75) is 344 Å². The van der Waals surface area contributed by atoms with E-state index in [1.54, 1.807) is 0 Å². The summed E-state index contributed by atoms with van der Waals surface area (Å²) in [6, 6.07) is 54.1. The number of carbonyl (C=O) groups excluding carboxylic acids is 2. The molecule has 2 fully saturated rings. The second-order valence-electron chi connectivity index (χ2n) is 32.9. The van der Waals surface area contributed by atoms with Gasteiger partial charge in [-0.15, -0.1) is 10.8 Å². The van der Waals surface area contributed by atoms with Gasteiger partial charge in [-0.1, -0.05) is 278 Å². The molecule has 3 heterocycles. The van der Waals surface area contributed by atoms with Gasteiger partial charge in [0.2, 0.25) is 0 Å². The Balaban J connectivity index is 0. The summed E-state index contributed by atoms with van der Waals surface area (Å²) < 4.78 is 71.6. The molecule has 6 aromatic rings. The average Bonchev–Trinajstić information content (AvgIpc) is 1.60. The quantitative estimate of drug-likeness (QED) is 0.0142. The molecule has 113 heavy (non-hydrogen) atoms. The normalized spacial score (nSPS) is 18.7. The fourth-order valence-electron chi connectivity index (χ4n) is 16.4. The molecule has 0 radical (unpaired) electrons. The van der Waals surface area contributed by atoms with E-state index in [0.29, 0.717) is 26.1 Å². The van der Waals surface area contributed by atoms with E-state index in [9.17, 15) is 9.59 Å². The molecule has 0 amide bonds. The van der Waals surface area contributed by atoms with Crippen molar-refractivity contribution < 1.29 is 50.4 Å². The van der Waals surface area contributed by atoms with Crippen LogP contribution in [-0.4, -0.2) is 40.3 Å². The van der Waals surface area contributed by atoms with E-state index >= 15 is 0 Å². The minimum absolute atomic E-state index is 0. The van der Waals surface area contributed by atoms with Gasteiger partial charge < -0.3 is 19.3 Å². The first-order valence-electron chi connectivity index (χ1n) is 49.9. The molecule has 6 nitrogen and oxygen atoms in total. The van der Waals surface area contributed by atoms with Gasteiger partial charge in [-0.2, -0.15) is 0 Å². The fourth-order valence-corrected chi connectivity index (χ4v) is 18.9. The Morgan fingerprint density at radius 2 is 0.912 bits per heavy atom.